The summed E-state index contributed by atoms with van der Waals surface area (Å²) >= 11 is 0. The number of hydrogen-bond acceptors (Lipinski definition) is 6. The zero-order chi connectivity index (χ0) is 19.9. The average Bonchev–Trinajstić information content (AvgIpc) is 2.80. The van der Waals surface area contributed by atoms with Crippen LogP contribution in [-0.4, -0.2) is 49.8 Å². The second kappa shape index (κ2) is 9.63. The SMILES string of the molecule is COc1ccc(N2CCN(c3ccnc(NCCC4=CCCCC4)n3)CC2)cc1. The molecule has 0 bridgehead atoms. The van der Waals surface area contributed by atoms with Crippen LogP contribution in [0.3, 0.4) is 0 Å². The molecular formula is C23H31N5O. The fourth-order valence-electron chi connectivity index (χ4n) is 4.06. The zero-order valence-corrected chi connectivity index (χ0v) is 17.3. The van der Waals surface area contributed by atoms with Gasteiger partial charge >= 0.3 is 0 Å². The third-order valence-corrected chi connectivity index (χ3v) is 5.80. The van der Waals surface area contributed by atoms with Crippen molar-refractivity contribution in [2.75, 3.05) is 55.0 Å². The van der Waals surface area contributed by atoms with Gasteiger partial charge in [0.05, 0.1) is 7.11 Å². The molecule has 0 unspecified atom stereocenters. The van der Waals surface area contributed by atoms with Gasteiger partial charge in [0.2, 0.25) is 5.95 Å². The highest BCUT2D eigenvalue weighted by Gasteiger charge is 2.19. The highest BCUT2D eigenvalue weighted by molar-refractivity contribution is 5.51. The lowest BCUT2D eigenvalue weighted by Gasteiger charge is -2.36. The lowest BCUT2D eigenvalue weighted by molar-refractivity contribution is 0.415. The van der Waals surface area contributed by atoms with Crippen LogP contribution >= 0.6 is 0 Å². The minimum Gasteiger partial charge on any atom is -0.497 e. The minimum atomic E-state index is 0.733. The lowest BCUT2D eigenvalue weighted by Crippen LogP contribution is -2.46. The molecule has 29 heavy (non-hydrogen) atoms. The molecule has 1 saturated heterocycles. The Bertz CT molecular complexity index is 812. The normalized spacial score (nSPS) is 17.1. The van der Waals surface area contributed by atoms with E-state index >= 15 is 0 Å². The second-order valence-corrected chi connectivity index (χ2v) is 7.70. The van der Waals surface area contributed by atoms with Gasteiger partial charge in [-0.1, -0.05) is 11.6 Å². The van der Waals surface area contributed by atoms with E-state index in [0.717, 1.165) is 56.7 Å². The van der Waals surface area contributed by atoms with Crippen LogP contribution in [0.4, 0.5) is 17.5 Å². The van der Waals surface area contributed by atoms with Crippen molar-refractivity contribution in [2.24, 2.45) is 0 Å². The first kappa shape index (κ1) is 19.6. The van der Waals surface area contributed by atoms with E-state index in [9.17, 15) is 0 Å². The number of allylic oxidation sites excluding steroid dienone is 1. The first-order chi connectivity index (χ1) is 14.3. The summed E-state index contributed by atoms with van der Waals surface area (Å²) in [5, 5.41) is 3.40. The van der Waals surface area contributed by atoms with Gasteiger partial charge in [-0.15, -0.1) is 0 Å². The van der Waals surface area contributed by atoms with Gasteiger partial charge in [-0.3, -0.25) is 0 Å². The number of aromatic nitrogens is 2. The number of hydrogen-bond donors (Lipinski definition) is 1. The van der Waals surface area contributed by atoms with Crippen LogP contribution in [0.5, 0.6) is 5.75 Å². The standard InChI is InChI=1S/C23H31N5O/c1-29-21-9-7-20(8-10-21)27-15-17-28(18-16-27)22-12-14-25-23(26-22)24-13-11-19-5-3-2-4-6-19/h5,7-10,12,14H,2-4,6,11,13,15-18H2,1H3,(H,24,25,26). The molecule has 1 aliphatic heterocycles. The molecule has 0 radical (unpaired) electrons. The molecule has 6 nitrogen and oxygen atoms in total. The van der Waals surface area contributed by atoms with Crippen LogP contribution in [-0.2, 0) is 0 Å². The van der Waals surface area contributed by atoms with Crippen molar-refractivity contribution < 1.29 is 4.74 Å². The number of nitrogens with one attached hydrogen (secondary N) is 1. The number of benzene rings is 1. The summed E-state index contributed by atoms with van der Waals surface area (Å²) in [7, 11) is 1.70. The van der Waals surface area contributed by atoms with Gasteiger partial charge in [0.1, 0.15) is 11.6 Å². The molecule has 2 heterocycles. The molecule has 154 valence electrons. The van der Waals surface area contributed by atoms with Gasteiger partial charge in [-0.25, -0.2) is 4.98 Å². The van der Waals surface area contributed by atoms with Crippen molar-refractivity contribution in [1.29, 1.82) is 0 Å². The van der Waals surface area contributed by atoms with E-state index < -0.39 is 0 Å². The molecule has 1 aliphatic carbocycles. The maximum absolute atomic E-state index is 5.25. The predicted octanol–water partition coefficient (Wildman–Crippen LogP) is 4.11. The minimum absolute atomic E-state index is 0.733. The van der Waals surface area contributed by atoms with Crippen molar-refractivity contribution >= 4 is 17.5 Å². The van der Waals surface area contributed by atoms with E-state index in [0.29, 0.717) is 0 Å². The smallest absolute Gasteiger partial charge is 0.224 e. The van der Waals surface area contributed by atoms with Crippen molar-refractivity contribution in [3.8, 4) is 5.75 Å². The van der Waals surface area contributed by atoms with Crippen LogP contribution in [0.2, 0.25) is 0 Å². The first-order valence-corrected chi connectivity index (χ1v) is 10.7. The van der Waals surface area contributed by atoms with E-state index in [1.54, 1.807) is 12.7 Å². The lowest BCUT2D eigenvalue weighted by atomic mass is 9.97. The summed E-state index contributed by atoms with van der Waals surface area (Å²) in [5.74, 6) is 2.64. The van der Waals surface area contributed by atoms with Gasteiger partial charge < -0.3 is 19.9 Å². The van der Waals surface area contributed by atoms with E-state index in [-0.39, 0.29) is 0 Å². The fraction of sp³-hybridized carbons (Fsp3) is 0.478. The molecule has 1 aromatic carbocycles. The fourth-order valence-corrected chi connectivity index (χ4v) is 4.06. The topological polar surface area (TPSA) is 53.5 Å². The molecule has 1 aromatic heterocycles. The van der Waals surface area contributed by atoms with Gasteiger partial charge in [-0.2, -0.15) is 4.98 Å². The summed E-state index contributed by atoms with van der Waals surface area (Å²) in [6, 6.07) is 10.3. The second-order valence-electron chi connectivity index (χ2n) is 7.70. The molecule has 1 N–H and O–H groups in total. The van der Waals surface area contributed by atoms with Crippen LogP contribution in [0.1, 0.15) is 32.1 Å². The van der Waals surface area contributed by atoms with Crippen molar-refractivity contribution in [2.45, 2.75) is 32.1 Å². The number of ether oxygens (including phenoxy) is 1. The maximum Gasteiger partial charge on any atom is 0.224 e. The van der Waals surface area contributed by atoms with E-state index in [1.807, 2.05) is 24.4 Å². The summed E-state index contributed by atoms with van der Waals surface area (Å²) < 4.78 is 5.25. The molecule has 0 spiro atoms. The third-order valence-electron chi connectivity index (χ3n) is 5.80. The van der Waals surface area contributed by atoms with Gasteiger partial charge in [0, 0.05) is 44.6 Å². The van der Waals surface area contributed by atoms with Crippen molar-refractivity contribution in [3.05, 3.63) is 48.2 Å². The molecule has 0 amide bonds. The predicted molar refractivity (Wildman–Crippen MR) is 119 cm³/mol. The molecule has 0 atom stereocenters. The van der Waals surface area contributed by atoms with Gasteiger partial charge in [-0.05, 0) is 62.4 Å². The Labute approximate surface area is 173 Å². The number of anilines is 3. The highest BCUT2D eigenvalue weighted by atomic mass is 16.5. The first-order valence-electron chi connectivity index (χ1n) is 10.7. The molecule has 2 aromatic rings. The van der Waals surface area contributed by atoms with Crippen LogP contribution in [0.15, 0.2) is 48.2 Å². The maximum atomic E-state index is 5.25. The van der Waals surface area contributed by atoms with E-state index in [1.165, 1.54) is 31.4 Å². The van der Waals surface area contributed by atoms with E-state index in [2.05, 4.69) is 38.3 Å². The van der Waals surface area contributed by atoms with Crippen LogP contribution in [0.25, 0.3) is 0 Å². The summed E-state index contributed by atoms with van der Waals surface area (Å²) in [6.07, 6.45) is 10.5. The number of rotatable bonds is 7. The number of piperazine rings is 1. The molecule has 2 aliphatic rings. The number of methoxy groups -OCH3 is 1. The zero-order valence-electron chi connectivity index (χ0n) is 17.3. The number of nitrogens with zero attached hydrogens (tertiary/aromatic N) is 4. The van der Waals surface area contributed by atoms with Gasteiger partial charge in [0.15, 0.2) is 0 Å². The van der Waals surface area contributed by atoms with E-state index in [4.69, 9.17) is 9.72 Å². The monoisotopic (exact) mass is 393 g/mol. The Morgan fingerprint density at radius 1 is 1.00 bits per heavy atom. The Balaban J connectivity index is 1.29. The largest absolute Gasteiger partial charge is 0.497 e. The summed E-state index contributed by atoms with van der Waals surface area (Å²) in [4.78, 5) is 13.9. The van der Waals surface area contributed by atoms with Crippen molar-refractivity contribution in [1.82, 2.24) is 9.97 Å². The van der Waals surface area contributed by atoms with Crippen LogP contribution < -0.4 is 19.9 Å². The Hall–Kier alpha value is -2.76. The average molecular weight is 394 g/mol. The Kier molecular flexibility index (Phi) is 6.49. The van der Waals surface area contributed by atoms with Crippen LogP contribution in [0, 0.1) is 0 Å². The van der Waals surface area contributed by atoms with Crippen molar-refractivity contribution in [3.63, 3.8) is 0 Å². The summed E-state index contributed by atoms with van der Waals surface area (Å²) in [5.41, 5.74) is 2.82. The molecule has 4 rings (SSSR count). The quantitative estimate of drug-likeness (QED) is 0.715. The highest BCUT2D eigenvalue weighted by Crippen LogP contribution is 2.23. The Morgan fingerprint density at radius 3 is 2.52 bits per heavy atom. The molecule has 6 heteroatoms. The molecular weight excluding hydrogens is 362 g/mol. The summed E-state index contributed by atoms with van der Waals surface area (Å²) in [6.45, 7) is 4.77. The Morgan fingerprint density at radius 2 is 1.79 bits per heavy atom. The molecule has 1 fully saturated rings. The van der Waals surface area contributed by atoms with Gasteiger partial charge in [0.25, 0.3) is 0 Å². The third kappa shape index (κ3) is 5.19. The molecule has 0 saturated carbocycles.